The van der Waals surface area contributed by atoms with E-state index < -0.39 is 0 Å². The summed E-state index contributed by atoms with van der Waals surface area (Å²) >= 11 is 0. The van der Waals surface area contributed by atoms with E-state index in [0.717, 1.165) is 5.69 Å². The zero-order chi connectivity index (χ0) is 17.2. The van der Waals surface area contributed by atoms with E-state index >= 15 is 0 Å². The first kappa shape index (κ1) is 17.5. The highest BCUT2D eigenvalue weighted by atomic mass is 16.5. The standard InChI is InChI=1S/C18H21N3O3/c1-2-24-18(23)15-8-3-4-9-16(15)20-12-10-17(22)21-13-14-7-5-6-11-19-14/h3-9,11,20H,2,10,12-13H2,1H3,(H,21,22). The van der Waals surface area contributed by atoms with Crippen molar-refractivity contribution in [3.05, 3.63) is 59.9 Å². The van der Waals surface area contributed by atoms with Crippen LogP contribution in [-0.4, -0.2) is 30.0 Å². The zero-order valence-corrected chi connectivity index (χ0v) is 13.6. The van der Waals surface area contributed by atoms with Gasteiger partial charge in [0.15, 0.2) is 0 Å². The Kier molecular flexibility index (Phi) is 6.76. The van der Waals surface area contributed by atoms with Crippen LogP contribution in [0.15, 0.2) is 48.7 Å². The van der Waals surface area contributed by atoms with Gasteiger partial charge < -0.3 is 15.4 Å². The summed E-state index contributed by atoms with van der Waals surface area (Å²) in [6.45, 7) is 2.91. The van der Waals surface area contributed by atoms with Crippen molar-refractivity contribution >= 4 is 17.6 Å². The Morgan fingerprint density at radius 3 is 2.67 bits per heavy atom. The van der Waals surface area contributed by atoms with E-state index in [1.165, 1.54) is 0 Å². The van der Waals surface area contributed by atoms with Crippen molar-refractivity contribution in [2.75, 3.05) is 18.5 Å². The maximum atomic E-state index is 11.9. The van der Waals surface area contributed by atoms with Gasteiger partial charge in [0.25, 0.3) is 0 Å². The molecule has 0 fully saturated rings. The summed E-state index contributed by atoms with van der Waals surface area (Å²) < 4.78 is 5.02. The van der Waals surface area contributed by atoms with Crippen molar-refractivity contribution in [1.82, 2.24) is 10.3 Å². The van der Waals surface area contributed by atoms with Crippen LogP contribution in [0.3, 0.4) is 0 Å². The number of ether oxygens (including phenoxy) is 1. The number of aromatic nitrogens is 1. The van der Waals surface area contributed by atoms with E-state index in [-0.39, 0.29) is 11.9 Å². The number of para-hydroxylation sites is 1. The lowest BCUT2D eigenvalue weighted by Gasteiger charge is -2.11. The molecule has 126 valence electrons. The number of amides is 1. The van der Waals surface area contributed by atoms with Crippen LogP contribution >= 0.6 is 0 Å². The largest absolute Gasteiger partial charge is 0.462 e. The smallest absolute Gasteiger partial charge is 0.340 e. The number of carbonyl (C=O) groups excluding carboxylic acids is 2. The molecule has 0 saturated carbocycles. The summed E-state index contributed by atoms with van der Waals surface area (Å²) in [5, 5.41) is 5.91. The number of anilines is 1. The second-order valence-electron chi connectivity index (χ2n) is 5.04. The van der Waals surface area contributed by atoms with Crippen LogP contribution in [0.2, 0.25) is 0 Å². The first-order valence-corrected chi connectivity index (χ1v) is 7.87. The number of hydrogen-bond acceptors (Lipinski definition) is 5. The molecule has 0 bridgehead atoms. The Hall–Kier alpha value is -2.89. The van der Waals surface area contributed by atoms with Gasteiger partial charge in [-0.15, -0.1) is 0 Å². The fraction of sp³-hybridized carbons (Fsp3) is 0.278. The molecular formula is C18H21N3O3. The number of benzene rings is 1. The molecule has 0 atom stereocenters. The maximum absolute atomic E-state index is 11.9. The molecule has 6 heteroatoms. The van der Waals surface area contributed by atoms with Crippen molar-refractivity contribution in [1.29, 1.82) is 0 Å². The van der Waals surface area contributed by atoms with E-state index in [2.05, 4.69) is 15.6 Å². The van der Waals surface area contributed by atoms with Crippen molar-refractivity contribution in [2.45, 2.75) is 19.9 Å². The van der Waals surface area contributed by atoms with Crippen molar-refractivity contribution in [3.63, 3.8) is 0 Å². The van der Waals surface area contributed by atoms with E-state index in [4.69, 9.17) is 4.74 Å². The van der Waals surface area contributed by atoms with Gasteiger partial charge in [0, 0.05) is 24.8 Å². The molecule has 0 unspecified atom stereocenters. The highest BCUT2D eigenvalue weighted by molar-refractivity contribution is 5.95. The molecule has 0 radical (unpaired) electrons. The Labute approximate surface area is 141 Å². The molecule has 2 rings (SSSR count). The number of nitrogens with one attached hydrogen (secondary N) is 2. The number of esters is 1. The molecule has 0 aliphatic heterocycles. The maximum Gasteiger partial charge on any atom is 0.340 e. The summed E-state index contributed by atoms with van der Waals surface area (Å²) in [6, 6.07) is 12.6. The third kappa shape index (κ3) is 5.39. The van der Waals surface area contributed by atoms with Crippen LogP contribution in [0.5, 0.6) is 0 Å². The second kappa shape index (κ2) is 9.29. The minimum Gasteiger partial charge on any atom is -0.462 e. The van der Waals surface area contributed by atoms with Gasteiger partial charge >= 0.3 is 5.97 Å². The Morgan fingerprint density at radius 2 is 1.92 bits per heavy atom. The van der Waals surface area contributed by atoms with Gasteiger partial charge in [0.05, 0.1) is 24.4 Å². The topological polar surface area (TPSA) is 80.3 Å². The SMILES string of the molecule is CCOC(=O)c1ccccc1NCCC(=O)NCc1ccccn1. The first-order chi connectivity index (χ1) is 11.7. The molecule has 1 amide bonds. The Balaban J connectivity index is 1.79. The number of hydrogen-bond donors (Lipinski definition) is 2. The normalized spacial score (nSPS) is 10.0. The molecule has 0 aliphatic carbocycles. The van der Waals surface area contributed by atoms with Crippen LogP contribution in [0.4, 0.5) is 5.69 Å². The first-order valence-electron chi connectivity index (χ1n) is 7.87. The quantitative estimate of drug-likeness (QED) is 0.728. The molecule has 0 aliphatic rings. The molecule has 24 heavy (non-hydrogen) atoms. The van der Waals surface area contributed by atoms with Crippen LogP contribution in [0.25, 0.3) is 0 Å². The van der Waals surface area contributed by atoms with Crippen LogP contribution in [0, 0.1) is 0 Å². The molecule has 1 aromatic heterocycles. The van der Waals surface area contributed by atoms with E-state index in [1.807, 2.05) is 24.3 Å². The minimum atomic E-state index is -0.375. The van der Waals surface area contributed by atoms with Crippen LogP contribution in [0.1, 0.15) is 29.4 Å². The summed E-state index contributed by atoms with van der Waals surface area (Å²) in [7, 11) is 0. The Morgan fingerprint density at radius 1 is 1.12 bits per heavy atom. The zero-order valence-electron chi connectivity index (χ0n) is 13.6. The lowest BCUT2D eigenvalue weighted by Crippen LogP contribution is -2.25. The molecular weight excluding hydrogens is 306 g/mol. The van der Waals surface area contributed by atoms with Gasteiger partial charge in [-0.05, 0) is 31.2 Å². The summed E-state index contributed by atoms with van der Waals surface area (Å²) in [5.74, 6) is -0.457. The summed E-state index contributed by atoms with van der Waals surface area (Å²) in [5.41, 5.74) is 1.94. The number of pyridine rings is 1. The molecule has 1 heterocycles. The monoisotopic (exact) mass is 327 g/mol. The molecule has 0 saturated heterocycles. The number of rotatable bonds is 8. The van der Waals surface area contributed by atoms with Gasteiger partial charge in [0.1, 0.15) is 0 Å². The third-order valence-electron chi connectivity index (χ3n) is 3.28. The van der Waals surface area contributed by atoms with Crippen LogP contribution in [-0.2, 0) is 16.1 Å². The predicted molar refractivity (Wildman–Crippen MR) is 91.6 cm³/mol. The van der Waals surface area contributed by atoms with Gasteiger partial charge in [-0.25, -0.2) is 4.79 Å². The van der Waals surface area contributed by atoms with Gasteiger partial charge in [-0.3, -0.25) is 9.78 Å². The lowest BCUT2D eigenvalue weighted by molar-refractivity contribution is -0.121. The average molecular weight is 327 g/mol. The van der Waals surface area contributed by atoms with Gasteiger partial charge in [-0.2, -0.15) is 0 Å². The minimum absolute atomic E-state index is 0.0817. The van der Waals surface area contributed by atoms with E-state index in [0.29, 0.717) is 37.4 Å². The summed E-state index contributed by atoms with van der Waals surface area (Å²) in [6.07, 6.45) is 1.99. The average Bonchev–Trinajstić information content (AvgIpc) is 2.61. The fourth-order valence-corrected chi connectivity index (χ4v) is 2.12. The highest BCUT2D eigenvalue weighted by Crippen LogP contribution is 2.16. The van der Waals surface area contributed by atoms with Crippen LogP contribution < -0.4 is 10.6 Å². The molecule has 2 aromatic rings. The molecule has 2 N–H and O–H groups in total. The van der Waals surface area contributed by atoms with Gasteiger partial charge in [-0.1, -0.05) is 18.2 Å². The molecule has 0 spiro atoms. The number of carbonyl (C=O) groups is 2. The van der Waals surface area contributed by atoms with Crippen molar-refractivity contribution in [2.24, 2.45) is 0 Å². The highest BCUT2D eigenvalue weighted by Gasteiger charge is 2.11. The summed E-state index contributed by atoms with van der Waals surface area (Å²) in [4.78, 5) is 27.9. The predicted octanol–water partition coefficient (Wildman–Crippen LogP) is 2.38. The van der Waals surface area contributed by atoms with Gasteiger partial charge in [0.2, 0.25) is 5.91 Å². The lowest BCUT2D eigenvalue weighted by atomic mass is 10.1. The number of nitrogens with zero attached hydrogens (tertiary/aromatic N) is 1. The Bertz CT molecular complexity index is 674. The second-order valence-corrected chi connectivity index (χ2v) is 5.04. The fourth-order valence-electron chi connectivity index (χ4n) is 2.12. The van der Waals surface area contributed by atoms with Crippen molar-refractivity contribution in [3.8, 4) is 0 Å². The van der Waals surface area contributed by atoms with Crippen molar-refractivity contribution < 1.29 is 14.3 Å². The molecule has 6 nitrogen and oxygen atoms in total. The third-order valence-corrected chi connectivity index (χ3v) is 3.28. The van der Waals surface area contributed by atoms with E-state index in [9.17, 15) is 9.59 Å². The molecule has 1 aromatic carbocycles. The van der Waals surface area contributed by atoms with E-state index in [1.54, 1.807) is 31.3 Å².